The summed E-state index contributed by atoms with van der Waals surface area (Å²) in [5, 5.41) is 0. The number of hydrogen-bond acceptors (Lipinski definition) is 6. The molecule has 28 heavy (non-hydrogen) atoms. The lowest BCUT2D eigenvalue weighted by atomic mass is 10.1. The number of rotatable bonds is 2. The predicted octanol–water partition coefficient (Wildman–Crippen LogP) is 0.695. The maximum atomic E-state index is 12.6. The first-order valence-electron chi connectivity index (χ1n) is 9.84. The van der Waals surface area contributed by atoms with Crippen molar-refractivity contribution in [3.05, 3.63) is 23.8 Å². The van der Waals surface area contributed by atoms with Gasteiger partial charge in [0.25, 0.3) is 0 Å². The minimum absolute atomic E-state index is 0.0425. The number of amides is 2. The third-order valence-corrected chi connectivity index (χ3v) is 5.39. The molecule has 0 spiro atoms. The number of piperazine rings is 1. The summed E-state index contributed by atoms with van der Waals surface area (Å²) < 4.78 is 16.4. The molecule has 0 saturated carbocycles. The number of carbonyl (C=O) groups excluding carboxylic acids is 2. The molecule has 0 N–H and O–H groups in total. The molecule has 2 amide bonds. The summed E-state index contributed by atoms with van der Waals surface area (Å²) in [6, 6.07) is 5.97. The van der Waals surface area contributed by atoms with Gasteiger partial charge in [0.15, 0.2) is 11.5 Å². The van der Waals surface area contributed by atoms with Crippen molar-refractivity contribution in [3.8, 4) is 11.5 Å². The Labute approximate surface area is 164 Å². The minimum Gasteiger partial charge on any atom is -0.454 e. The van der Waals surface area contributed by atoms with Crippen LogP contribution in [0.25, 0.3) is 0 Å². The molecule has 0 radical (unpaired) electrons. The second-order valence-electron chi connectivity index (χ2n) is 7.72. The van der Waals surface area contributed by atoms with Gasteiger partial charge in [0.2, 0.25) is 6.79 Å². The van der Waals surface area contributed by atoms with E-state index in [0.29, 0.717) is 26.2 Å². The zero-order valence-corrected chi connectivity index (χ0v) is 16.4. The van der Waals surface area contributed by atoms with Gasteiger partial charge in [-0.05, 0) is 31.5 Å². The van der Waals surface area contributed by atoms with E-state index in [1.54, 1.807) is 9.80 Å². The Bertz CT molecular complexity index is 737. The van der Waals surface area contributed by atoms with Gasteiger partial charge >= 0.3 is 11.8 Å². The number of nitrogens with zero attached hydrogens (tertiary/aromatic N) is 3. The van der Waals surface area contributed by atoms with Gasteiger partial charge in [-0.25, -0.2) is 0 Å². The fraction of sp³-hybridized carbons (Fsp3) is 0.600. The fourth-order valence-electron chi connectivity index (χ4n) is 4.02. The standard InChI is InChI=1S/C20H27N3O5/c1-14-10-23(11-15(2)28-14)20(25)19(24)22-7-5-21(6-8-22)12-16-3-4-17-18(9-16)27-13-26-17/h3-4,9,14-15H,5-8,10-13H2,1-2H3. The molecule has 3 aliphatic rings. The highest BCUT2D eigenvalue weighted by atomic mass is 16.7. The average Bonchev–Trinajstić information content (AvgIpc) is 3.14. The molecule has 8 heteroatoms. The molecule has 2 atom stereocenters. The molecule has 8 nitrogen and oxygen atoms in total. The van der Waals surface area contributed by atoms with Crippen LogP contribution in [0.4, 0.5) is 0 Å². The largest absolute Gasteiger partial charge is 0.454 e. The van der Waals surface area contributed by atoms with Crippen LogP contribution in [0.5, 0.6) is 11.5 Å². The lowest BCUT2D eigenvalue weighted by molar-refractivity contribution is -0.159. The van der Waals surface area contributed by atoms with Gasteiger partial charge in [0, 0.05) is 45.8 Å². The van der Waals surface area contributed by atoms with E-state index in [-0.39, 0.29) is 19.0 Å². The minimum atomic E-state index is -0.411. The Morgan fingerprint density at radius 2 is 1.57 bits per heavy atom. The molecule has 2 fully saturated rings. The lowest BCUT2D eigenvalue weighted by Gasteiger charge is -2.38. The SMILES string of the molecule is CC1CN(C(=O)C(=O)N2CCN(Cc3ccc4c(c3)OCO4)CC2)CC(C)O1. The van der Waals surface area contributed by atoms with Crippen LogP contribution in [0.3, 0.4) is 0 Å². The molecule has 0 aliphatic carbocycles. The fourth-order valence-corrected chi connectivity index (χ4v) is 4.02. The van der Waals surface area contributed by atoms with E-state index < -0.39 is 11.8 Å². The highest BCUT2D eigenvalue weighted by molar-refractivity contribution is 6.34. The molecule has 152 valence electrons. The second kappa shape index (κ2) is 7.97. The summed E-state index contributed by atoms with van der Waals surface area (Å²) in [6.07, 6.45) is -0.0851. The number of fused-ring (bicyclic) bond motifs is 1. The number of ether oxygens (including phenoxy) is 3. The van der Waals surface area contributed by atoms with Crippen LogP contribution in [0.1, 0.15) is 19.4 Å². The number of carbonyl (C=O) groups is 2. The van der Waals surface area contributed by atoms with Gasteiger partial charge < -0.3 is 24.0 Å². The summed E-state index contributed by atoms with van der Waals surface area (Å²) in [4.78, 5) is 30.8. The Morgan fingerprint density at radius 3 is 2.29 bits per heavy atom. The van der Waals surface area contributed by atoms with E-state index in [2.05, 4.69) is 4.90 Å². The van der Waals surface area contributed by atoms with Crippen molar-refractivity contribution in [1.29, 1.82) is 0 Å². The van der Waals surface area contributed by atoms with Crippen LogP contribution in [-0.2, 0) is 20.9 Å². The second-order valence-corrected chi connectivity index (χ2v) is 7.72. The van der Waals surface area contributed by atoms with E-state index in [1.807, 2.05) is 32.0 Å². The summed E-state index contributed by atoms with van der Waals surface area (Å²) in [5.74, 6) is 0.755. The van der Waals surface area contributed by atoms with Crippen molar-refractivity contribution >= 4 is 11.8 Å². The van der Waals surface area contributed by atoms with Gasteiger partial charge in [0.05, 0.1) is 12.2 Å². The van der Waals surface area contributed by atoms with Crippen LogP contribution < -0.4 is 9.47 Å². The summed E-state index contributed by atoms with van der Waals surface area (Å²) in [6.45, 7) is 8.45. The Balaban J connectivity index is 1.29. The normalized spacial score (nSPS) is 25.1. The first-order valence-corrected chi connectivity index (χ1v) is 9.84. The van der Waals surface area contributed by atoms with Gasteiger partial charge in [-0.15, -0.1) is 0 Å². The van der Waals surface area contributed by atoms with E-state index in [9.17, 15) is 9.59 Å². The molecule has 2 unspecified atom stereocenters. The maximum Gasteiger partial charge on any atom is 0.312 e. The number of hydrogen-bond donors (Lipinski definition) is 0. The van der Waals surface area contributed by atoms with E-state index in [4.69, 9.17) is 14.2 Å². The molecular formula is C20H27N3O5. The predicted molar refractivity (Wildman–Crippen MR) is 101 cm³/mol. The van der Waals surface area contributed by atoms with E-state index >= 15 is 0 Å². The maximum absolute atomic E-state index is 12.6. The van der Waals surface area contributed by atoms with Crippen molar-refractivity contribution in [2.45, 2.75) is 32.6 Å². The number of benzene rings is 1. The Morgan fingerprint density at radius 1 is 0.929 bits per heavy atom. The molecule has 3 heterocycles. The highest BCUT2D eigenvalue weighted by Gasteiger charge is 2.33. The molecule has 0 aromatic heterocycles. The van der Waals surface area contributed by atoms with Crippen molar-refractivity contribution in [2.24, 2.45) is 0 Å². The molecule has 1 aromatic rings. The van der Waals surface area contributed by atoms with Crippen molar-refractivity contribution in [1.82, 2.24) is 14.7 Å². The van der Waals surface area contributed by atoms with Gasteiger partial charge in [-0.3, -0.25) is 14.5 Å². The molecule has 3 aliphatic heterocycles. The average molecular weight is 389 g/mol. The lowest BCUT2D eigenvalue weighted by Crippen LogP contribution is -2.56. The first kappa shape index (κ1) is 19.0. The van der Waals surface area contributed by atoms with Crippen LogP contribution in [0.15, 0.2) is 18.2 Å². The molecule has 4 rings (SSSR count). The van der Waals surface area contributed by atoms with Crippen molar-refractivity contribution < 1.29 is 23.8 Å². The van der Waals surface area contributed by atoms with Crippen molar-refractivity contribution in [2.75, 3.05) is 46.1 Å². The van der Waals surface area contributed by atoms with Gasteiger partial charge in [0.1, 0.15) is 0 Å². The number of morpholine rings is 1. The topological polar surface area (TPSA) is 71.6 Å². The van der Waals surface area contributed by atoms with Crippen molar-refractivity contribution in [3.63, 3.8) is 0 Å². The summed E-state index contributed by atoms with van der Waals surface area (Å²) in [7, 11) is 0. The quantitative estimate of drug-likeness (QED) is 0.694. The van der Waals surface area contributed by atoms with Gasteiger partial charge in [-0.1, -0.05) is 6.07 Å². The van der Waals surface area contributed by atoms with E-state index in [0.717, 1.165) is 36.7 Å². The summed E-state index contributed by atoms with van der Waals surface area (Å²) >= 11 is 0. The molecule has 2 saturated heterocycles. The zero-order chi connectivity index (χ0) is 19.7. The third-order valence-electron chi connectivity index (χ3n) is 5.39. The summed E-state index contributed by atoms with van der Waals surface area (Å²) in [5.41, 5.74) is 1.15. The van der Waals surface area contributed by atoms with E-state index in [1.165, 1.54) is 0 Å². The Hall–Kier alpha value is -2.32. The van der Waals surface area contributed by atoms with Gasteiger partial charge in [-0.2, -0.15) is 0 Å². The Kier molecular flexibility index (Phi) is 5.41. The zero-order valence-electron chi connectivity index (χ0n) is 16.4. The smallest absolute Gasteiger partial charge is 0.312 e. The van der Waals surface area contributed by atoms with Crippen LogP contribution in [0, 0.1) is 0 Å². The highest BCUT2D eigenvalue weighted by Crippen LogP contribution is 2.32. The first-order chi connectivity index (χ1) is 13.5. The molecule has 1 aromatic carbocycles. The van der Waals surface area contributed by atoms with Crippen LogP contribution in [-0.4, -0.2) is 84.8 Å². The molecule has 0 bridgehead atoms. The van der Waals surface area contributed by atoms with Crippen LogP contribution in [0.2, 0.25) is 0 Å². The molecular weight excluding hydrogens is 362 g/mol. The third kappa shape index (κ3) is 4.07. The monoisotopic (exact) mass is 389 g/mol. The van der Waals surface area contributed by atoms with Crippen LogP contribution >= 0.6 is 0 Å².